The Kier molecular flexibility index (Phi) is 4.44. The third-order valence-electron chi connectivity index (χ3n) is 3.33. The molecule has 0 spiro atoms. The normalized spacial score (nSPS) is 19.2. The smallest absolute Gasteiger partial charge is 0.221 e. The van der Waals surface area contributed by atoms with Crippen LogP contribution in [0.5, 0.6) is 0 Å². The van der Waals surface area contributed by atoms with Gasteiger partial charge < -0.3 is 10.6 Å². The summed E-state index contributed by atoms with van der Waals surface area (Å²) in [6.45, 7) is 0. The minimum Gasteiger partial charge on any atom is -0.323 e. The molecule has 0 saturated heterocycles. The van der Waals surface area contributed by atoms with Gasteiger partial charge in [-0.15, -0.1) is 0 Å². The van der Waals surface area contributed by atoms with E-state index in [1.165, 1.54) is 10.8 Å². The molecule has 4 nitrogen and oxygen atoms in total. The van der Waals surface area contributed by atoms with Crippen molar-refractivity contribution in [2.75, 3.05) is 10.2 Å². The summed E-state index contributed by atoms with van der Waals surface area (Å²) in [5.41, 5.74) is 1.62. The zero-order valence-electron chi connectivity index (χ0n) is 12.0. The first-order valence-electron chi connectivity index (χ1n) is 6.89. The number of rotatable bonds is 2. The lowest BCUT2D eigenvalue weighted by Gasteiger charge is -2.24. The average Bonchev–Trinajstić information content (AvgIpc) is 3.06. The molecule has 0 bridgehead atoms. The van der Waals surface area contributed by atoms with Gasteiger partial charge in [0.1, 0.15) is 0 Å². The van der Waals surface area contributed by atoms with E-state index in [9.17, 15) is 0 Å². The maximum Gasteiger partial charge on any atom is 0.221 e. The molecule has 1 atom stereocenters. The van der Waals surface area contributed by atoms with Gasteiger partial charge in [-0.05, 0) is 35.1 Å². The van der Waals surface area contributed by atoms with Crippen LogP contribution in [0.1, 0.15) is 0 Å². The summed E-state index contributed by atoms with van der Waals surface area (Å²) in [6, 6.07) is 15.2. The van der Waals surface area contributed by atoms with Gasteiger partial charge in [-0.2, -0.15) is 4.40 Å². The SMILES string of the molecule is S=C1NC2=S(N=C(Nc3ccccc3Cl)N2c2ccccc2Cl)S1. The lowest BCUT2D eigenvalue weighted by Crippen LogP contribution is -2.44. The van der Waals surface area contributed by atoms with Crippen LogP contribution in [0.15, 0.2) is 52.9 Å². The van der Waals surface area contributed by atoms with Crippen molar-refractivity contribution in [1.82, 2.24) is 5.32 Å². The van der Waals surface area contributed by atoms with E-state index < -0.39 is 9.70 Å². The molecule has 2 aliphatic heterocycles. The van der Waals surface area contributed by atoms with E-state index in [-0.39, 0.29) is 0 Å². The fourth-order valence-electron chi connectivity index (χ4n) is 2.29. The summed E-state index contributed by atoms with van der Waals surface area (Å²) >= 11 is 17.9. The summed E-state index contributed by atoms with van der Waals surface area (Å²) < 4.78 is 5.47. The van der Waals surface area contributed by atoms with E-state index in [2.05, 4.69) is 10.6 Å². The van der Waals surface area contributed by atoms with Gasteiger partial charge in [0.15, 0.2) is 9.43 Å². The molecule has 24 heavy (non-hydrogen) atoms. The van der Waals surface area contributed by atoms with Gasteiger partial charge in [-0.1, -0.05) is 59.7 Å². The first-order valence-corrected chi connectivity index (χ1v) is 10.6. The molecule has 2 aromatic rings. The van der Waals surface area contributed by atoms with Crippen molar-refractivity contribution >= 4 is 82.7 Å². The van der Waals surface area contributed by atoms with E-state index >= 15 is 0 Å². The third kappa shape index (κ3) is 2.91. The van der Waals surface area contributed by atoms with Crippen LogP contribution in [0, 0.1) is 0 Å². The van der Waals surface area contributed by atoms with Crippen LogP contribution >= 0.6 is 55.9 Å². The maximum atomic E-state index is 6.40. The summed E-state index contributed by atoms with van der Waals surface area (Å²) in [5.74, 6) is 0.664. The Morgan fingerprint density at radius 2 is 1.79 bits per heavy atom. The van der Waals surface area contributed by atoms with Gasteiger partial charge in [-0.3, -0.25) is 4.90 Å². The number of nitrogens with zero attached hydrogens (tertiary/aromatic N) is 2. The highest BCUT2D eigenvalue weighted by Gasteiger charge is 2.35. The predicted molar refractivity (Wildman–Crippen MR) is 112 cm³/mol. The van der Waals surface area contributed by atoms with E-state index in [1.54, 1.807) is 0 Å². The van der Waals surface area contributed by atoms with E-state index in [4.69, 9.17) is 39.8 Å². The van der Waals surface area contributed by atoms with Gasteiger partial charge in [0.05, 0.1) is 21.4 Å². The third-order valence-corrected chi connectivity index (χ3v) is 7.68. The molecule has 2 N–H and O–H groups in total. The zero-order chi connectivity index (χ0) is 16.7. The van der Waals surface area contributed by atoms with Crippen LogP contribution in [0.3, 0.4) is 0 Å². The van der Waals surface area contributed by atoms with Crippen LogP contribution in [0.4, 0.5) is 11.4 Å². The number of nitrogens with one attached hydrogen (secondary N) is 2. The molecule has 9 heteroatoms. The van der Waals surface area contributed by atoms with Gasteiger partial charge in [0, 0.05) is 9.70 Å². The van der Waals surface area contributed by atoms with Crippen LogP contribution < -0.4 is 15.5 Å². The molecule has 0 radical (unpaired) electrons. The molecule has 0 aliphatic carbocycles. The molecule has 0 aromatic heterocycles. The topological polar surface area (TPSA) is 39.7 Å². The monoisotopic (exact) mass is 412 g/mol. The van der Waals surface area contributed by atoms with Gasteiger partial charge >= 0.3 is 0 Å². The van der Waals surface area contributed by atoms with E-state index in [1.807, 2.05) is 53.4 Å². The van der Waals surface area contributed by atoms with Crippen molar-refractivity contribution in [2.24, 2.45) is 4.40 Å². The Balaban J connectivity index is 1.76. The number of thiocarbonyl (C=S) groups is 1. The Morgan fingerprint density at radius 3 is 2.54 bits per heavy atom. The van der Waals surface area contributed by atoms with Crippen LogP contribution in [-0.2, 0) is 0 Å². The number of benzene rings is 2. The standard InChI is InChI=1S/C15H10Cl2N4S3/c16-9-5-1-3-7-11(9)18-13-20-24-14(19-15(22)23-24)21(13)12-8-4-2-6-10(12)17/h1-8H,(H,18,20)(H,19,22). The molecule has 2 aromatic carbocycles. The molecule has 4 rings (SSSR count). The lowest BCUT2D eigenvalue weighted by molar-refractivity contribution is 1.33. The Labute approximate surface area is 160 Å². The number of halogens is 2. The predicted octanol–water partition coefficient (Wildman–Crippen LogP) is 5.09. The minimum atomic E-state index is -0.416. The maximum absolute atomic E-state index is 6.40. The Hall–Kier alpha value is -1.25. The van der Waals surface area contributed by atoms with Crippen molar-refractivity contribution in [2.45, 2.75) is 0 Å². The highest BCUT2D eigenvalue weighted by molar-refractivity contribution is 8.90. The Morgan fingerprint density at radius 1 is 1.08 bits per heavy atom. The molecule has 122 valence electrons. The Bertz CT molecular complexity index is 913. The van der Waals surface area contributed by atoms with Crippen molar-refractivity contribution in [3.05, 3.63) is 58.6 Å². The van der Waals surface area contributed by atoms with Gasteiger partial charge in [0.2, 0.25) is 5.96 Å². The van der Waals surface area contributed by atoms with Crippen molar-refractivity contribution < 1.29 is 0 Å². The van der Waals surface area contributed by atoms with Crippen LogP contribution in [0.2, 0.25) is 10.0 Å². The second kappa shape index (κ2) is 6.57. The molecule has 2 aliphatic rings. The largest absolute Gasteiger partial charge is 0.323 e. The van der Waals surface area contributed by atoms with Crippen molar-refractivity contribution in [3.8, 4) is 0 Å². The highest BCUT2D eigenvalue weighted by Crippen LogP contribution is 2.45. The van der Waals surface area contributed by atoms with Crippen molar-refractivity contribution in [1.29, 1.82) is 0 Å². The lowest BCUT2D eigenvalue weighted by atomic mass is 10.3. The number of guanidine groups is 1. The number of hydrogen-bond donors (Lipinski definition) is 2. The second-order valence-electron chi connectivity index (χ2n) is 4.86. The fraction of sp³-hybridized carbons (Fsp3) is 0. The molecular weight excluding hydrogens is 403 g/mol. The minimum absolute atomic E-state index is 0.416. The first kappa shape index (κ1) is 16.2. The van der Waals surface area contributed by atoms with Crippen LogP contribution in [-0.4, -0.2) is 15.4 Å². The number of hydrogen-bond acceptors (Lipinski definition) is 5. The number of anilines is 2. The molecular formula is C15H10Cl2N4S3. The quantitative estimate of drug-likeness (QED) is 0.530. The van der Waals surface area contributed by atoms with Gasteiger partial charge in [0.25, 0.3) is 0 Å². The summed E-state index contributed by atoms with van der Waals surface area (Å²) in [7, 11) is 1.11. The number of para-hydroxylation sites is 2. The highest BCUT2D eigenvalue weighted by atomic mass is 35.5. The molecule has 2 heterocycles. The van der Waals surface area contributed by atoms with Crippen LogP contribution in [0.25, 0.3) is 0 Å². The molecule has 0 saturated carbocycles. The zero-order valence-corrected chi connectivity index (χ0v) is 16.0. The summed E-state index contributed by atoms with van der Waals surface area (Å²) in [5, 5.41) is 8.70. The molecule has 0 amide bonds. The molecule has 0 fully saturated rings. The summed E-state index contributed by atoms with van der Waals surface area (Å²) in [6.07, 6.45) is 0. The average molecular weight is 413 g/mol. The second-order valence-corrected chi connectivity index (χ2v) is 9.43. The van der Waals surface area contributed by atoms with Crippen molar-refractivity contribution in [3.63, 3.8) is 0 Å². The van der Waals surface area contributed by atoms with E-state index in [0.29, 0.717) is 20.3 Å². The summed E-state index contributed by atoms with van der Waals surface area (Å²) in [4.78, 5) is 1.96. The first-order chi connectivity index (χ1) is 11.6. The van der Waals surface area contributed by atoms with Gasteiger partial charge in [-0.25, -0.2) is 0 Å². The molecule has 1 unspecified atom stereocenters. The van der Waals surface area contributed by atoms with E-state index in [0.717, 1.165) is 16.5 Å². The fourth-order valence-corrected chi connectivity index (χ4v) is 6.27.